The van der Waals surface area contributed by atoms with Crippen LogP contribution in [0.4, 0.5) is 0 Å². The van der Waals surface area contributed by atoms with Gasteiger partial charge in [0.1, 0.15) is 12.3 Å². The van der Waals surface area contributed by atoms with Crippen molar-refractivity contribution in [1.29, 1.82) is 0 Å². The van der Waals surface area contributed by atoms with Crippen molar-refractivity contribution < 1.29 is 14.5 Å². The number of hydrogen-bond donors (Lipinski definition) is 2. The first-order valence-electron chi connectivity index (χ1n) is 6.05. The van der Waals surface area contributed by atoms with Crippen LogP contribution >= 0.6 is 11.8 Å². The number of aromatic amines is 1. The second-order valence-electron chi connectivity index (χ2n) is 4.41. The number of carbonyl (C=O) groups is 1. The molecule has 9 heteroatoms. The molecule has 0 spiro atoms. The number of thioether (sulfide) groups is 1. The quantitative estimate of drug-likeness (QED) is 0.428. The molecule has 0 radical (unpaired) electrons. The predicted octanol–water partition coefficient (Wildman–Crippen LogP) is -0.784. The van der Waals surface area contributed by atoms with E-state index in [4.69, 9.17) is 5.11 Å². The molecule has 0 aromatic carbocycles. The van der Waals surface area contributed by atoms with Gasteiger partial charge >= 0.3 is 22.4 Å². The molecule has 0 atom stereocenters. The number of imidazole rings is 1. The first-order valence-corrected chi connectivity index (χ1v) is 7.04. The van der Waals surface area contributed by atoms with Gasteiger partial charge in [0.15, 0.2) is 0 Å². The lowest BCUT2D eigenvalue weighted by atomic mass is 10.5. The second kappa shape index (κ2) is 5.60. The number of carboxylic acids is 1. The molecule has 0 unspecified atom stereocenters. The molecule has 0 saturated heterocycles. The minimum absolute atomic E-state index is 0.155. The molecule has 8 nitrogen and oxygen atoms in total. The molecule has 2 heterocycles. The molecule has 21 heavy (non-hydrogen) atoms. The van der Waals surface area contributed by atoms with Crippen molar-refractivity contribution in [3.8, 4) is 0 Å². The number of rotatable bonds is 5. The smallest absolute Gasteiger partial charge is 0.333 e. The number of aromatic nitrogens is 4. The number of aryl methyl sites for hydroxylation is 1. The van der Waals surface area contributed by atoms with E-state index in [1.165, 1.54) is 11.6 Å². The van der Waals surface area contributed by atoms with E-state index in [1.807, 2.05) is 0 Å². The highest BCUT2D eigenvalue weighted by Crippen LogP contribution is 2.14. The Bertz CT molecular complexity index is 846. The molecule has 0 amide bonds. The first kappa shape index (κ1) is 15.1. The third-order valence-electron chi connectivity index (χ3n) is 3.03. The summed E-state index contributed by atoms with van der Waals surface area (Å²) in [6.07, 6.45) is 1.60. The highest BCUT2D eigenvalue weighted by atomic mass is 32.2. The van der Waals surface area contributed by atoms with E-state index in [-0.39, 0.29) is 5.75 Å². The summed E-state index contributed by atoms with van der Waals surface area (Å²) in [5.41, 5.74) is -0.215. The fraction of sp³-hybridized carbons (Fsp3) is 0.333. The van der Waals surface area contributed by atoms with Crippen LogP contribution in [0, 0.1) is 0 Å². The molecule has 0 bridgehead atoms. The lowest BCUT2D eigenvalue weighted by Gasteiger charge is -2.00. The van der Waals surface area contributed by atoms with Gasteiger partial charge in [0.25, 0.3) is 11.2 Å². The zero-order valence-corrected chi connectivity index (χ0v) is 12.4. The van der Waals surface area contributed by atoms with Crippen LogP contribution in [-0.4, -0.2) is 30.9 Å². The number of H-pyrrole nitrogens is 1. The predicted molar refractivity (Wildman–Crippen MR) is 77.5 cm³/mol. The molecule has 0 saturated carbocycles. The van der Waals surface area contributed by atoms with Crippen LogP contribution in [0.25, 0.3) is 11.2 Å². The summed E-state index contributed by atoms with van der Waals surface area (Å²) in [6, 6.07) is 0. The van der Waals surface area contributed by atoms with E-state index in [0.717, 1.165) is 16.3 Å². The Hall–Kier alpha value is -2.29. The summed E-state index contributed by atoms with van der Waals surface area (Å²) >= 11 is 1.05. The van der Waals surface area contributed by atoms with Gasteiger partial charge in [-0.05, 0) is 11.8 Å². The minimum atomic E-state index is -0.967. The average molecular weight is 311 g/mol. The van der Waals surface area contributed by atoms with Crippen molar-refractivity contribution in [3.63, 3.8) is 0 Å². The maximum absolute atomic E-state index is 12.3. The number of nitrogens with zero attached hydrogens (tertiary/aromatic N) is 3. The summed E-state index contributed by atoms with van der Waals surface area (Å²) < 4.78 is 3.96. The largest absolute Gasteiger partial charge is 0.481 e. The van der Waals surface area contributed by atoms with E-state index >= 15 is 0 Å². The van der Waals surface area contributed by atoms with Gasteiger partial charge in [-0.15, -0.1) is 0 Å². The van der Waals surface area contributed by atoms with Crippen molar-refractivity contribution in [2.75, 3.05) is 5.75 Å². The number of aliphatic carboxylic acids is 1. The summed E-state index contributed by atoms with van der Waals surface area (Å²) in [6.45, 7) is 3.96. The molecule has 2 aromatic heterocycles. The van der Waals surface area contributed by atoms with Crippen LogP contribution in [0.3, 0.4) is 0 Å². The van der Waals surface area contributed by atoms with Gasteiger partial charge in [0.2, 0.25) is 0 Å². The van der Waals surface area contributed by atoms with E-state index in [1.54, 1.807) is 17.7 Å². The second-order valence-corrected chi connectivity index (χ2v) is 5.38. The van der Waals surface area contributed by atoms with E-state index in [2.05, 4.69) is 11.6 Å². The van der Waals surface area contributed by atoms with Gasteiger partial charge in [-0.1, -0.05) is 12.7 Å². The average Bonchev–Trinajstić information content (AvgIpc) is 2.80. The zero-order valence-electron chi connectivity index (χ0n) is 11.6. The standard InChI is InChI=1S/C12H14N4O4S/c1-4-5-16-8-9(13-11(16)21-6-7(17)18)14(2)12(20)15(3)10(8)19/h4H,1,5-6H2,2-3H3,(H,17,18)/p+1. The maximum atomic E-state index is 12.3. The number of fused-ring (bicyclic) bond motifs is 1. The SMILES string of the molecule is C=CC[n+]1c(SCC(=O)O)[nH]c2c1c(=O)n(C)c(=O)n2C. The molecular formula is C12H15N4O4S+. The topological polar surface area (TPSA) is 101 Å². The van der Waals surface area contributed by atoms with Gasteiger partial charge in [0.05, 0.1) is 0 Å². The number of nitrogens with one attached hydrogen (secondary N) is 1. The molecule has 0 fully saturated rings. The third kappa shape index (κ3) is 2.51. The number of allylic oxidation sites excluding steroid dienone is 1. The lowest BCUT2D eigenvalue weighted by molar-refractivity contribution is -0.699. The molecule has 2 N–H and O–H groups in total. The summed E-state index contributed by atoms with van der Waals surface area (Å²) in [4.78, 5) is 37.9. The van der Waals surface area contributed by atoms with Crippen LogP contribution in [-0.2, 0) is 25.4 Å². The van der Waals surface area contributed by atoms with Crippen LogP contribution in [0.2, 0.25) is 0 Å². The number of hydrogen-bond acceptors (Lipinski definition) is 4. The van der Waals surface area contributed by atoms with Gasteiger partial charge in [-0.3, -0.25) is 18.7 Å². The molecule has 0 aliphatic rings. The highest BCUT2D eigenvalue weighted by Gasteiger charge is 2.25. The van der Waals surface area contributed by atoms with Gasteiger partial charge in [-0.2, -0.15) is 0 Å². The first-order chi connectivity index (χ1) is 9.88. The normalized spacial score (nSPS) is 11.0. The van der Waals surface area contributed by atoms with Crippen LogP contribution in [0.15, 0.2) is 27.4 Å². The summed E-state index contributed by atoms with van der Waals surface area (Å²) in [7, 11) is 2.95. The van der Waals surface area contributed by atoms with E-state index in [0.29, 0.717) is 22.9 Å². The minimum Gasteiger partial charge on any atom is -0.481 e. The fourth-order valence-corrected chi connectivity index (χ4v) is 2.78. The van der Waals surface area contributed by atoms with Gasteiger partial charge in [0, 0.05) is 14.1 Å². The van der Waals surface area contributed by atoms with Crippen LogP contribution in [0.1, 0.15) is 0 Å². The monoisotopic (exact) mass is 311 g/mol. The number of carboxylic acid groups (broad SMARTS) is 1. The fourth-order valence-electron chi connectivity index (χ4n) is 2.03. The Morgan fingerprint density at radius 3 is 2.67 bits per heavy atom. The van der Waals surface area contributed by atoms with Crippen molar-refractivity contribution in [2.24, 2.45) is 14.1 Å². The zero-order chi connectivity index (χ0) is 15.7. The molecule has 2 rings (SSSR count). The van der Waals surface area contributed by atoms with Gasteiger partial charge < -0.3 is 5.11 Å². The third-order valence-corrected chi connectivity index (χ3v) is 4.01. The molecule has 2 aromatic rings. The molecule has 0 aliphatic carbocycles. The molecular weight excluding hydrogens is 296 g/mol. The summed E-state index contributed by atoms with van der Waals surface area (Å²) in [5.74, 6) is -1.12. The Balaban J connectivity index is 2.79. The van der Waals surface area contributed by atoms with E-state index < -0.39 is 17.2 Å². The molecule has 112 valence electrons. The lowest BCUT2D eigenvalue weighted by Crippen LogP contribution is -2.44. The van der Waals surface area contributed by atoms with Crippen molar-refractivity contribution >= 4 is 28.9 Å². The van der Waals surface area contributed by atoms with Crippen molar-refractivity contribution in [3.05, 3.63) is 33.5 Å². The van der Waals surface area contributed by atoms with Crippen molar-refractivity contribution in [1.82, 2.24) is 14.1 Å². The molecule has 0 aliphatic heterocycles. The Labute approximate surface area is 123 Å². The Morgan fingerprint density at radius 2 is 2.10 bits per heavy atom. The van der Waals surface area contributed by atoms with Crippen molar-refractivity contribution in [2.45, 2.75) is 11.7 Å². The maximum Gasteiger partial charge on any atom is 0.333 e. The highest BCUT2D eigenvalue weighted by molar-refractivity contribution is 7.99. The van der Waals surface area contributed by atoms with Crippen LogP contribution < -0.4 is 15.8 Å². The summed E-state index contributed by atoms with van der Waals surface area (Å²) in [5, 5.41) is 9.27. The van der Waals surface area contributed by atoms with E-state index in [9.17, 15) is 14.4 Å². The Kier molecular flexibility index (Phi) is 4.03. The van der Waals surface area contributed by atoms with Crippen LogP contribution in [0.5, 0.6) is 0 Å². The Morgan fingerprint density at radius 1 is 1.43 bits per heavy atom. The van der Waals surface area contributed by atoms with Gasteiger partial charge in [-0.25, -0.2) is 14.3 Å².